The van der Waals surface area contributed by atoms with Crippen LogP contribution in [0.5, 0.6) is 0 Å². The standard InChI is InChI=1S/C16H18ClNO3/c1-10(11-5-4-6-12(17)9-11)18-15(19)13-7-2-3-8-14(13)16(20)21/h2-6,9-10,13-14H,7-8H2,1H3,(H,18,19)(H,20,21)/t10-,13-,14+/m1/s1. The first-order valence-electron chi connectivity index (χ1n) is 6.92. The van der Waals surface area contributed by atoms with Crippen molar-refractivity contribution >= 4 is 23.5 Å². The molecule has 0 spiro atoms. The number of hydrogen-bond donors (Lipinski definition) is 2. The zero-order valence-electron chi connectivity index (χ0n) is 11.8. The van der Waals surface area contributed by atoms with E-state index in [-0.39, 0.29) is 11.9 Å². The summed E-state index contributed by atoms with van der Waals surface area (Å²) in [5, 5.41) is 12.7. The van der Waals surface area contributed by atoms with Crippen molar-refractivity contribution < 1.29 is 14.7 Å². The monoisotopic (exact) mass is 307 g/mol. The van der Waals surface area contributed by atoms with E-state index in [9.17, 15) is 14.7 Å². The van der Waals surface area contributed by atoms with Crippen molar-refractivity contribution in [3.63, 3.8) is 0 Å². The summed E-state index contributed by atoms with van der Waals surface area (Å²) in [5.74, 6) is -2.31. The van der Waals surface area contributed by atoms with Gasteiger partial charge in [-0.25, -0.2) is 0 Å². The molecule has 4 nitrogen and oxygen atoms in total. The topological polar surface area (TPSA) is 66.4 Å². The van der Waals surface area contributed by atoms with Gasteiger partial charge in [0.2, 0.25) is 5.91 Å². The Hall–Kier alpha value is -1.81. The van der Waals surface area contributed by atoms with E-state index in [4.69, 9.17) is 11.6 Å². The number of nitrogens with one attached hydrogen (secondary N) is 1. The molecule has 0 radical (unpaired) electrons. The van der Waals surface area contributed by atoms with Crippen LogP contribution in [0, 0.1) is 11.8 Å². The lowest BCUT2D eigenvalue weighted by Gasteiger charge is -2.26. The van der Waals surface area contributed by atoms with Gasteiger partial charge in [0.1, 0.15) is 0 Å². The molecule has 2 rings (SSSR count). The molecule has 2 N–H and O–H groups in total. The average Bonchev–Trinajstić information content (AvgIpc) is 2.47. The number of hydrogen-bond acceptors (Lipinski definition) is 2. The number of halogens is 1. The summed E-state index contributed by atoms with van der Waals surface area (Å²) in [6, 6.07) is 7.06. The Balaban J connectivity index is 2.06. The van der Waals surface area contributed by atoms with Gasteiger partial charge in [0.05, 0.1) is 17.9 Å². The number of carbonyl (C=O) groups excluding carboxylic acids is 1. The Bertz CT molecular complexity index is 570. The highest BCUT2D eigenvalue weighted by Crippen LogP contribution is 2.27. The van der Waals surface area contributed by atoms with E-state index < -0.39 is 17.8 Å². The van der Waals surface area contributed by atoms with Gasteiger partial charge < -0.3 is 10.4 Å². The summed E-state index contributed by atoms with van der Waals surface area (Å²) in [6.07, 6.45) is 4.56. The molecule has 1 amide bonds. The SMILES string of the molecule is C[C@@H](NC(=O)[C@@H]1CC=CC[C@@H]1C(=O)O)c1cccc(Cl)c1. The van der Waals surface area contributed by atoms with Crippen molar-refractivity contribution in [2.24, 2.45) is 11.8 Å². The highest BCUT2D eigenvalue weighted by molar-refractivity contribution is 6.30. The van der Waals surface area contributed by atoms with Crippen LogP contribution in [0.15, 0.2) is 36.4 Å². The summed E-state index contributed by atoms with van der Waals surface area (Å²) in [5.41, 5.74) is 0.897. The maximum atomic E-state index is 12.3. The van der Waals surface area contributed by atoms with E-state index in [1.54, 1.807) is 12.1 Å². The van der Waals surface area contributed by atoms with E-state index in [0.717, 1.165) is 5.56 Å². The van der Waals surface area contributed by atoms with Crippen molar-refractivity contribution in [3.05, 3.63) is 47.0 Å². The molecule has 0 bridgehead atoms. The summed E-state index contributed by atoms with van der Waals surface area (Å²) >= 11 is 5.94. The molecule has 0 unspecified atom stereocenters. The molecule has 0 saturated heterocycles. The number of allylic oxidation sites excluding steroid dienone is 2. The molecule has 0 heterocycles. The van der Waals surface area contributed by atoms with Gasteiger partial charge in [-0.3, -0.25) is 9.59 Å². The van der Waals surface area contributed by atoms with Gasteiger partial charge in [0.15, 0.2) is 0 Å². The van der Waals surface area contributed by atoms with E-state index in [1.807, 2.05) is 31.2 Å². The van der Waals surface area contributed by atoms with Crippen LogP contribution in [0.4, 0.5) is 0 Å². The largest absolute Gasteiger partial charge is 0.481 e. The highest BCUT2D eigenvalue weighted by atomic mass is 35.5. The molecule has 0 aromatic heterocycles. The van der Waals surface area contributed by atoms with Gasteiger partial charge >= 0.3 is 5.97 Å². The molecule has 3 atom stereocenters. The van der Waals surface area contributed by atoms with Crippen LogP contribution in [-0.4, -0.2) is 17.0 Å². The van der Waals surface area contributed by atoms with Crippen molar-refractivity contribution in [1.29, 1.82) is 0 Å². The van der Waals surface area contributed by atoms with Gasteiger partial charge in [-0.1, -0.05) is 35.9 Å². The lowest BCUT2D eigenvalue weighted by atomic mass is 9.82. The lowest BCUT2D eigenvalue weighted by Crippen LogP contribution is -2.39. The fourth-order valence-electron chi connectivity index (χ4n) is 2.56. The number of carboxylic acid groups (broad SMARTS) is 1. The second-order valence-corrected chi connectivity index (χ2v) is 5.72. The number of amides is 1. The van der Waals surface area contributed by atoms with Crippen molar-refractivity contribution in [3.8, 4) is 0 Å². The van der Waals surface area contributed by atoms with E-state index in [2.05, 4.69) is 5.32 Å². The van der Waals surface area contributed by atoms with Crippen LogP contribution < -0.4 is 5.32 Å². The number of carboxylic acids is 1. The quantitative estimate of drug-likeness (QED) is 0.840. The maximum absolute atomic E-state index is 12.3. The molecule has 5 heteroatoms. The van der Waals surface area contributed by atoms with E-state index >= 15 is 0 Å². The molecule has 21 heavy (non-hydrogen) atoms. The Morgan fingerprint density at radius 3 is 2.57 bits per heavy atom. The third kappa shape index (κ3) is 3.85. The number of carbonyl (C=O) groups is 2. The lowest BCUT2D eigenvalue weighted by molar-refractivity contribution is -0.147. The molecule has 0 aliphatic heterocycles. The van der Waals surface area contributed by atoms with Crippen LogP contribution in [0.3, 0.4) is 0 Å². The third-order valence-electron chi connectivity index (χ3n) is 3.79. The average molecular weight is 308 g/mol. The van der Waals surface area contributed by atoms with Gasteiger partial charge in [-0.15, -0.1) is 0 Å². The minimum absolute atomic E-state index is 0.212. The minimum atomic E-state index is -0.921. The van der Waals surface area contributed by atoms with Gasteiger partial charge in [-0.05, 0) is 37.5 Å². The Morgan fingerprint density at radius 1 is 1.29 bits per heavy atom. The Labute approximate surface area is 128 Å². The molecular formula is C16H18ClNO3. The summed E-state index contributed by atoms with van der Waals surface area (Å²) in [4.78, 5) is 23.6. The van der Waals surface area contributed by atoms with Gasteiger partial charge in [-0.2, -0.15) is 0 Å². The fourth-order valence-corrected chi connectivity index (χ4v) is 2.76. The number of benzene rings is 1. The Kier molecular flexibility index (Phi) is 5.02. The summed E-state index contributed by atoms with van der Waals surface area (Å²) < 4.78 is 0. The zero-order valence-corrected chi connectivity index (χ0v) is 12.5. The first-order valence-corrected chi connectivity index (χ1v) is 7.30. The highest BCUT2D eigenvalue weighted by Gasteiger charge is 2.34. The van der Waals surface area contributed by atoms with Crippen molar-refractivity contribution in [2.45, 2.75) is 25.8 Å². The molecular weight excluding hydrogens is 290 g/mol. The first-order chi connectivity index (χ1) is 9.99. The molecule has 1 aliphatic rings. The van der Waals surface area contributed by atoms with Crippen LogP contribution in [0.1, 0.15) is 31.4 Å². The third-order valence-corrected chi connectivity index (χ3v) is 4.03. The molecule has 1 aliphatic carbocycles. The fraction of sp³-hybridized carbons (Fsp3) is 0.375. The first kappa shape index (κ1) is 15.6. The summed E-state index contributed by atoms with van der Waals surface area (Å²) in [7, 11) is 0. The van der Waals surface area contributed by atoms with Crippen LogP contribution in [0.25, 0.3) is 0 Å². The van der Waals surface area contributed by atoms with Crippen LogP contribution in [0.2, 0.25) is 5.02 Å². The molecule has 1 aromatic carbocycles. The van der Waals surface area contributed by atoms with Crippen molar-refractivity contribution in [2.75, 3.05) is 0 Å². The number of rotatable bonds is 4. The Morgan fingerprint density at radius 2 is 1.95 bits per heavy atom. The second kappa shape index (κ2) is 6.76. The smallest absolute Gasteiger partial charge is 0.307 e. The minimum Gasteiger partial charge on any atom is -0.481 e. The maximum Gasteiger partial charge on any atom is 0.307 e. The predicted octanol–water partition coefficient (Wildman–Crippen LogP) is 3.18. The summed E-state index contributed by atoms with van der Waals surface area (Å²) in [6.45, 7) is 1.86. The molecule has 112 valence electrons. The van der Waals surface area contributed by atoms with E-state index in [0.29, 0.717) is 17.9 Å². The predicted molar refractivity (Wildman–Crippen MR) is 81.0 cm³/mol. The van der Waals surface area contributed by atoms with E-state index in [1.165, 1.54) is 0 Å². The molecule has 0 fully saturated rings. The zero-order chi connectivity index (χ0) is 15.4. The molecule has 0 saturated carbocycles. The van der Waals surface area contributed by atoms with Crippen molar-refractivity contribution in [1.82, 2.24) is 5.32 Å². The number of aliphatic carboxylic acids is 1. The normalized spacial score (nSPS) is 22.6. The second-order valence-electron chi connectivity index (χ2n) is 5.28. The van der Waals surface area contributed by atoms with Gasteiger partial charge in [0.25, 0.3) is 0 Å². The van der Waals surface area contributed by atoms with Crippen LogP contribution >= 0.6 is 11.6 Å². The van der Waals surface area contributed by atoms with Crippen LogP contribution in [-0.2, 0) is 9.59 Å². The molecule has 1 aromatic rings. The van der Waals surface area contributed by atoms with Gasteiger partial charge in [0, 0.05) is 5.02 Å².